The van der Waals surface area contributed by atoms with Crippen LogP contribution in [0.5, 0.6) is 0 Å². The Morgan fingerprint density at radius 3 is 2.83 bits per heavy atom. The molecule has 3 aromatic rings. The van der Waals surface area contributed by atoms with E-state index in [1.807, 2.05) is 29.7 Å². The second-order valence-electron chi connectivity index (χ2n) is 5.38. The average molecular weight is 342 g/mol. The molecule has 0 fully saturated rings. The number of amides is 1. The molecule has 1 aromatic carbocycles. The zero-order valence-corrected chi connectivity index (χ0v) is 14.2. The van der Waals surface area contributed by atoms with Crippen LogP contribution in [0, 0.1) is 6.92 Å². The predicted octanol–water partition coefficient (Wildman–Crippen LogP) is 2.58. The quantitative estimate of drug-likeness (QED) is 0.628. The van der Waals surface area contributed by atoms with Crippen molar-refractivity contribution >= 4 is 39.7 Å². The number of aromatic nitrogens is 3. The molecule has 0 unspecified atom stereocenters. The van der Waals surface area contributed by atoms with Crippen LogP contribution in [0.3, 0.4) is 0 Å². The number of nitrogens with one attached hydrogen (secondary N) is 1. The number of aryl methyl sites for hydroxylation is 1. The van der Waals surface area contributed by atoms with E-state index < -0.39 is 5.24 Å². The lowest BCUT2D eigenvalue weighted by molar-refractivity contribution is 0.267. The molecule has 3 rings (SSSR count). The zero-order valence-electron chi connectivity index (χ0n) is 13.4. The molecule has 7 nitrogen and oxygen atoms in total. The number of fused-ring (bicyclic) bond motifs is 1. The van der Waals surface area contributed by atoms with Gasteiger partial charge in [0.15, 0.2) is 0 Å². The Balaban J connectivity index is 2.20. The van der Waals surface area contributed by atoms with E-state index in [-0.39, 0.29) is 0 Å². The van der Waals surface area contributed by atoms with E-state index in [0.717, 1.165) is 17.3 Å². The lowest BCUT2D eigenvalue weighted by Crippen LogP contribution is -2.06. The van der Waals surface area contributed by atoms with E-state index in [2.05, 4.69) is 21.4 Å². The minimum absolute atomic E-state index is 0.451. The van der Waals surface area contributed by atoms with Crippen LogP contribution in [0.25, 0.3) is 11.0 Å². The van der Waals surface area contributed by atoms with Gasteiger partial charge in [0, 0.05) is 7.05 Å². The summed E-state index contributed by atoms with van der Waals surface area (Å²) in [4.78, 5) is 20.6. The summed E-state index contributed by atoms with van der Waals surface area (Å²) < 4.78 is 1.87. The smallest absolute Gasteiger partial charge is 0.281 e. The highest BCUT2D eigenvalue weighted by atomic mass is 32.2. The van der Waals surface area contributed by atoms with Gasteiger partial charge in [-0.3, -0.25) is 4.79 Å². The first-order valence-electron chi connectivity index (χ1n) is 7.34. The van der Waals surface area contributed by atoms with E-state index in [4.69, 9.17) is 11.5 Å². The Bertz CT molecular complexity index is 920. The van der Waals surface area contributed by atoms with Gasteiger partial charge < -0.3 is 21.4 Å². The lowest BCUT2D eigenvalue weighted by Gasteiger charge is -2.08. The fourth-order valence-electron chi connectivity index (χ4n) is 2.70. The van der Waals surface area contributed by atoms with Gasteiger partial charge in [0.2, 0.25) is 0 Å². The minimum atomic E-state index is -0.526. The maximum absolute atomic E-state index is 11.4. The summed E-state index contributed by atoms with van der Waals surface area (Å²) in [6, 6.07) is 8.15. The van der Waals surface area contributed by atoms with Crippen molar-refractivity contribution in [2.45, 2.75) is 18.4 Å². The molecule has 124 valence electrons. The summed E-state index contributed by atoms with van der Waals surface area (Å²) in [7, 11) is 1.76. The van der Waals surface area contributed by atoms with Crippen molar-refractivity contribution in [1.82, 2.24) is 14.5 Å². The van der Waals surface area contributed by atoms with Gasteiger partial charge >= 0.3 is 0 Å². The van der Waals surface area contributed by atoms with Crippen LogP contribution in [0.1, 0.15) is 11.1 Å². The highest BCUT2D eigenvalue weighted by Gasteiger charge is 2.21. The van der Waals surface area contributed by atoms with E-state index in [1.54, 1.807) is 7.05 Å². The van der Waals surface area contributed by atoms with Crippen LogP contribution >= 0.6 is 11.8 Å². The van der Waals surface area contributed by atoms with Crippen LogP contribution in [0.4, 0.5) is 16.4 Å². The third-order valence-electron chi connectivity index (χ3n) is 3.70. The summed E-state index contributed by atoms with van der Waals surface area (Å²) in [5, 5.41) is 3.19. The molecule has 0 saturated heterocycles. The number of nitrogens with two attached hydrogens (primary N) is 2. The second kappa shape index (κ2) is 6.40. The first kappa shape index (κ1) is 16.1. The van der Waals surface area contributed by atoms with Crippen LogP contribution < -0.4 is 16.8 Å². The molecule has 2 aromatic heterocycles. The largest absolute Gasteiger partial charge is 0.384 e. The Hall–Kier alpha value is -2.74. The van der Waals surface area contributed by atoms with E-state index in [9.17, 15) is 4.79 Å². The van der Waals surface area contributed by atoms with Crippen molar-refractivity contribution in [2.24, 2.45) is 5.73 Å². The number of nitrogens with zero attached hydrogens (tertiary/aromatic N) is 3. The Morgan fingerprint density at radius 1 is 1.38 bits per heavy atom. The molecular formula is C16H18N6OS. The van der Waals surface area contributed by atoms with Gasteiger partial charge in [0.05, 0.1) is 16.8 Å². The fraction of sp³-hybridized carbons (Fsp3) is 0.188. The number of anilines is 2. The molecule has 0 spiro atoms. The Morgan fingerprint density at radius 2 is 2.17 bits per heavy atom. The summed E-state index contributed by atoms with van der Waals surface area (Å²) >= 11 is 0.892. The topological polar surface area (TPSA) is 112 Å². The summed E-state index contributed by atoms with van der Waals surface area (Å²) in [6.45, 7) is 2.58. The van der Waals surface area contributed by atoms with Crippen molar-refractivity contribution in [3.8, 4) is 0 Å². The monoisotopic (exact) mass is 342 g/mol. The third-order valence-corrected chi connectivity index (χ3v) is 4.51. The molecule has 0 aliphatic heterocycles. The molecule has 5 N–H and O–H groups in total. The number of hydrogen-bond acceptors (Lipinski definition) is 6. The number of thioether (sulfide) groups is 1. The SMILES string of the molecule is CNc1ncnc2c1c(SC(N)=O)c(N)n2Cc1cccc(C)c1. The number of primary amides is 1. The van der Waals surface area contributed by atoms with Crippen molar-refractivity contribution in [3.63, 3.8) is 0 Å². The number of hydrogen-bond donors (Lipinski definition) is 3. The van der Waals surface area contributed by atoms with Crippen molar-refractivity contribution in [1.29, 1.82) is 0 Å². The van der Waals surface area contributed by atoms with Gasteiger partial charge in [-0.15, -0.1) is 0 Å². The first-order valence-corrected chi connectivity index (χ1v) is 8.16. The highest BCUT2D eigenvalue weighted by Crippen LogP contribution is 2.38. The number of nitrogen functional groups attached to an aromatic ring is 1. The highest BCUT2D eigenvalue weighted by molar-refractivity contribution is 8.13. The molecule has 2 heterocycles. The number of rotatable bonds is 4. The third kappa shape index (κ3) is 2.88. The normalized spacial score (nSPS) is 10.9. The molecule has 1 amide bonds. The van der Waals surface area contributed by atoms with Crippen LogP contribution in [0.15, 0.2) is 35.5 Å². The maximum Gasteiger partial charge on any atom is 0.281 e. The standard InChI is InChI=1S/C16H18N6OS/c1-9-4-3-5-10(6-9)7-22-13(17)12(24-16(18)23)11-14(19-2)20-8-21-15(11)22/h3-6,8H,7,17H2,1-2H3,(H2,18,23)(H,19,20,21). The second-order valence-corrected chi connectivity index (χ2v) is 6.40. The Labute approximate surface area is 143 Å². The maximum atomic E-state index is 11.4. The van der Waals surface area contributed by atoms with Gasteiger partial charge in [-0.25, -0.2) is 9.97 Å². The van der Waals surface area contributed by atoms with E-state index >= 15 is 0 Å². The average Bonchev–Trinajstić information content (AvgIpc) is 2.80. The molecule has 24 heavy (non-hydrogen) atoms. The van der Waals surface area contributed by atoms with Gasteiger partial charge in [-0.2, -0.15) is 0 Å². The molecular weight excluding hydrogens is 324 g/mol. The molecule has 0 bridgehead atoms. The van der Waals surface area contributed by atoms with E-state index in [0.29, 0.717) is 34.1 Å². The number of carbonyl (C=O) groups excluding carboxylic acids is 1. The minimum Gasteiger partial charge on any atom is -0.384 e. The Kier molecular flexibility index (Phi) is 4.30. The van der Waals surface area contributed by atoms with E-state index in [1.165, 1.54) is 11.9 Å². The summed E-state index contributed by atoms with van der Waals surface area (Å²) in [6.07, 6.45) is 1.47. The van der Waals surface area contributed by atoms with Gasteiger partial charge in [-0.1, -0.05) is 29.8 Å². The van der Waals surface area contributed by atoms with Crippen molar-refractivity contribution in [3.05, 3.63) is 41.7 Å². The van der Waals surface area contributed by atoms with Gasteiger partial charge in [0.1, 0.15) is 23.6 Å². The van der Waals surface area contributed by atoms with Crippen molar-refractivity contribution in [2.75, 3.05) is 18.1 Å². The van der Waals surface area contributed by atoms with Crippen LogP contribution in [-0.2, 0) is 6.54 Å². The van der Waals surface area contributed by atoms with Crippen LogP contribution in [0.2, 0.25) is 0 Å². The number of carbonyl (C=O) groups is 1. The molecule has 0 aliphatic rings. The first-order chi connectivity index (χ1) is 11.5. The van der Waals surface area contributed by atoms with Gasteiger partial charge in [0.25, 0.3) is 5.24 Å². The fourth-order valence-corrected chi connectivity index (χ4v) is 3.41. The zero-order chi connectivity index (χ0) is 17.3. The summed E-state index contributed by atoms with van der Waals surface area (Å²) in [5.74, 6) is 1.06. The number of benzene rings is 1. The van der Waals surface area contributed by atoms with Crippen LogP contribution in [-0.4, -0.2) is 26.8 Å². The molecule has 0 saturated carbocycles. The van der Waals surface area contributed by atoms with Crippen molar-refractivity contribution < 1.29 is 4.79 Å². The molecule has 8 heteroatoms. The van der Waals surface area contributed by atoms with Gasteiger partial charge in [-0.05, 0) is 24.2 Å². The predicted molar refractivity (Wildman–Crippen MR) is 97.2 cm³/mol. The summed E-state index contributed by atoms with van der Waals surface area (Å²) in [5.41, 5.74) is 14.6. The molecule has 0 radical (unpaired) electrons. The molecule has 0 atom stereocenters. The molecule has 0 aliphatic carbocycles. The lowest BCUT2D eigenvalue weighted by atomic mass is 10.1.